The van der Waals surface area contributed by atoms with Gasteiger partial charge in [-0.3, -0.25) is 9.00 Å². The van der Waals surface area contributed by atoms with Crippen molar-refractivity contribution >= 4 is 44.6 Å². The minimum atomic E-state index is -1.22. The maximum absolute atomic E-state index is 12.4. The number of rotatable bonds is 7. The summed E-state index contributed by atoms with van der Waals surface area (Å²) >= 11 is 0. The lowest BCUT2D eigenvalue weighted by molar-refractivity contribution is -0.141. The Morgan fingerprint density at radius 3 is 2.59 bits per heavy atom. The standard InChI is InChI=1S/C20H21NO7S/c1-10-9-27-16-8-17-13(6-12(10)16)11(2)14(20(25)28-17)7-18(22)21-15(19(23)24)4-5-29(3)26/h6,8-9,15H,4-5,7H2,1-3H3,(H,21,22)(H,23,24)/t15-,29?/m0/s1. The molecule has 8 nitrogen and oxygen atoms in total. The Morgan fingerprint density at radius 2 is 1.93 bits per heavy atom. The Labute approximate surface area is 168 Å². The van der Waals surface area contributed by atoms with Gasteiger partial charge in [-0.15, -0.1) is 0 Å². The largest absolute Gasteiger partial charge is 0.480 e. The highest BCUT2D eigenvalue weighted by Crippen LogP contribution is 2.28. The molecule has 0 fully saturated rings. The zero-order chi connectivity index (χ0) is 21.3. The topological polar surface area (TPSA) is 127 Å². The van der Waals surface area contributed by atoms with Gasteiger partial charge in [-0.05, 0) is 37.5 Å². The van der Waals surface area contributed by atoms with E-state index in [2.05, 4.69) is 5.32 Å². The van der Waals surface area contributed by atoms with Gasteiger partial charge in [0.2, 0.25) is 5.91 Å². The number of carbonyl (C=O) groups is 2. The van der Waals surface area contributed by atoms with Crippen LogP contribution in [0.15, 0.2) is 32.0 Å². The molecule has 0 aliphatic rings. The van der Waals surface area contributed by atoms with E-state index in [0.717, 1.165) is 10.9 Å². The average molecular weight is 419 g/mol. The van der Waals surface area contributed by atoms with Crippen molar-refractivity contribution in [2.75, 3.05) is 12.0 Å². The third kappa shape index (κ3) is 4.40. The minimum absolute atomic E-state index is 0.0350. The second-order valence-electron chi connectivity index (χ2n) is 6.96. The van der Waals surface area contributed by atoms with Crippen LogP contribution < -0.4 is 10.9 Å². The summed E-state index contributed by atoms with van der Waals surface area (Å²) in [7, 11) is -1.18. The summed E-state index contributed by atoms with van der Waals surface area (Å²) < 4.78 is 22.0. The average Bonchev–Trinajstić information content (AvgIpc) is 3.00. The molecule has 154 valence electrons. The van der Waals surface area contributed by atoms with E-state index in [4.69, 9.17) is 8.83 Å². The Bertz CT molecular complexity index is 1190. The number of fused-ring (bicyclic) bond motifs is 2. The Morgan fingerprint density at radius 1 is 1.21 bits per heavy atom. The highest BCUT2D eigenvalue weighted by atomic mass is 32.2. The number of carbonyl (C=O) groups excluding carboxylic acids is 1. The summed E-state index contributed by atoms with van der Waals surface area (Å²) in [6.45, 7) is 3.62. The molecule has 2 aromatic heterocycles. The van der Waals surface area contributed by atoms with Gasteiger partial charge in [0, 0.05) is 39.6 Å². The van der Waals surface area contributed by atoms with Crippen LogP contribution in [0.2, 0.25) is 0 Å². The fourth-order valence-electron chi connectivity index (χ4n) is 3.19. The van der Waals surface area contributed by atoms with Crippen LogP contribution in [0.25, 0.3) is 21.9 Å². The summed E-state index contributed by atoms with van der Waals surface area (Å²) in [5.74, 6) is -1.69. The van der Waals surface area contributed by atoms with Crippen LogP contribution in [0.5, 0.6) is 0 Å². The molecule has 29 heavy (non-hydrogen) atoms. The molecular weight excluding hydrogens is 398 g/mol. The summed E-state index contributed by atoms with van der Waals surface area (Å²) in [5, 5.41) is 13.2. The predicted octanol–water partition coefficient (Wildman–Crippen LogP) is 2.04. The van der Waals surface area contributed by atoms with E-state index in [1.165, 1.54) is 6.26 Å². The predicted molar refractivity (Wildman–Crippen MR) is 109 cm³/mol. The van der Waals surface area contributed by atoms with Crippen LogP contribution in [-0.2, 0) is 26.8 Å². The Balaban J connectivity index is 1.90. The van der Waals surface area contributed by atoms with Crippen molar-refractivity contribution in [3.8, 4) is 0 Å². The van der Waals surface area contributed by atoms with E-state index in [1.54, 1.807) is 19.3 Å². The number of carboxylic acids is 1. The summed E-state index contributed by atoms with van der Waals surface area (Å²) in [6, 6.07) is 2.31. The molecule has 0 radical (unpaired) electrons. The van der Waals surface area contributed by atoms with E-state index >= 15 is 0 Å². The van der Waals surface area contributed by atoms with Gasteiger partial charge in [0.05, 0.1) is 18.2 Å². The van der Waals surface area contributed by atoms with Gasteiger partial charge in [-0.1, -0.05) is 0 Å². The van der Waals surface area contributed by atoms with E-state index in [-0.39, 0.29) is 24.2 Å². The summed E-state index contributed by atoms with van der Waals surface area (Å²) in [5.41, 5.74) is 1.99. The summed E-state index contributed by atoms with van der Waals surface area (Å²) in [6.07, 6.45) is 2.79. The first-order valence-electron chi connectivity index (χ1n) is 8.93. The van der Waals surface area contributed by atoms with Crippen LogP contribution in [0.4, 0.5) is 0 Å². The number of benzene rings is 1. The van der Waals surface area contributed by atoms with Gasteiger partial charge in [0.25, 0.3) is 0 Å². The van der Waals surface area contributed by atoms with Gasteiger partial charge < -0.3 is 19.3 Å². The maximum atomic E-state index is 12.4. The van der Waals surface area contributed by atoms with Crippen molar-refractivity contribution in [2.45, 2.75) is 32.7 Å². The van der Waals surface area contributed by atoms with Gasteiger partial charge in [-0.25, -0.2) is 9.59 Å². The Hall–Kier alpha value is -2.94. The molecule has 0 bridgehead atoms. The molecule has 2 N–H and O–H groups in total. The molecule has 0 aliphatic heterocycles. The van der Waals surface area contributed by atoms with Crippen LogP contribution >= 0.6 is 0 Å². The van der Waals surface area contributed by atoms with Crippen molar-refractivity contribution in [3.63, 3.8) is 0 Å². The fraction of sp³-hybridized carbons (Fsp3) is 0.350. The fourth-order valence-corrected chi connectivity index (χ4v) is 3.76. The zero-order valence-corrected chi connectivity index (χ0v) is 17.1. The first-order valence-corrected chi connectivity index (χ1v) is 10.7. The quantitative estimate of drug-likeness (QED) is 0.561. The molecule has 1 aromatic carbocycles. The third-order valence-corrected chi connectivity index (χ3v) is 5.65. The lowest BCUT2D eigenvalue weighted by atomic mass is 10.0. The van der Waals surface area contributed by atoms with Crippen LogP contribution in [-0.4, -0.2) is 39.2 Å². The van der Waals surface area contributed by atoms with Gasteiger partial charge >= 0.3 is 11.6 Å². The summed E-state index contributed by atoms with van der Waals surface area (Å²) in [4.78, 5) is 36.2. The first-order chi connectivity index (χ1) is 13.7. The molecule has 0 spiro atoms. The zero-order valence-electron chi connectivity index (χ0n) is 16.2. The van der Waals surface area contributed by atoms with Gasteiger partial charge in [0.15, 0.2) is 0 Å². The normalized spacial score (nSPS) is 13.5. The molecule has 3 rings (SSSR count). The monoisotopic (exact) mass is 419 g/mol. The molecule has 2 atom stereocenters. The Kier molecular flexibility index (Phi) is 5.88. The number of aryl methyl sites for hydroxylation is 2. The SMILES string of the molecule is Cc1coc2cc3oc(=O)c(CC(=O)N[C@@H](CCS(C)=O)C(=O)O)c(C)c3cc12. The minimum Gasteiger partial charge on any atom is -0.480 e. The lowest BCUT2D eigenvalue weighted by Gasteiger charge is -2.14. The van der Waals surface area contributed by atoms with E-state index in [1.807, 2.05) is 13.0 Å². The van der Waals surface area contributed by atoms with Crippen molar-refractivity contribution in [2.24, 2.45) is 0 Å². The smallest absolute Gasteiger partial charge is 0.340 e. The first kappa shape index (κ1) is 20.8. The van der Waals surface area contributed by atoms with Crippen molar-refractivity contribution < 1.29 is 27.7 Å². The second-order valence-corrected chi connectivity index (χ2v) is 8.51. The van der Waals surface area contributed by atoms with E-state index in [9.17, 15) is 23.7 Å². The number of hydrogen-bond acceptors (Lipinski definition) is 6. The molecule has 1 unspecified atom stereocenters. The number of furan rings is 1. The maximum Gasteiger partial charge on any atom is 0.340 e. The molecular formula is C20H21NO7S. The number of nitrogens with one attached hydrogen (secondary N) is 1. The number of hydrogen-bond donors (Lipinski definition) is 2. The van der Waals surface area contributed by atoms with Crippen molar-refractivity contribution in [1.82, 2.24) is 5.32 Å². The number of carboxylic acid groups (broad SMARTS) is 1. The molecule has 3 aromatic rings. The third-order valence-electron chi connectivity index (χ3n) is 4.84. The van der Waals surface area contributed by atoms with E-state index < -0.39 is 34.3 Å². The van der Waals surface area contributed by atoms with Crippen molar-refractivity contribution in [3.05, 3.63) is 45.5 Å². The number of amides is 1. The second kappa shape index (κ2) is 8.20. The van der Waals surface area contributed by atoms with Crippen LogP contribution in [0.3, 0.4) is 0 Å². The van der Waals surface area contributed by atoms with Crippen LogP contribution in [0, 0.1) is 13.8 Å². The van der Waals surface area contributed by atoms with Crippen LogP contribution in [0.1, 0.15) is 23.1 Å². The van der Waals surface area contributed by atoms with E-state index in [0.29, 0.717) is 22.1 Å². The molecule has 9 heteroatoms. The lowest BCUT2D eigenvalue weighted by Crippen LogP contribution is -2.42. The highest BCUT2D eigenvalue weighted by Gasteiger charge is 2.22. The molecule has 0 saturated carbocycles. The van der Waals surface area contributed by atoms with Crippen molar-refractivity contribution in [1.29, 1.82) is 0 Å². The molecule has 2 heterocycles. The molecule has 0 saturated heterocycles. The van der Waals surface area contributed by atoms with Gasteiger partial charge in [0.1, 0.15) is 17.2 Å². The highest BCUT2D eigenvalue weighted by molar-refractivity contribution is 7.84. The molecule has 0 aliphatic carbocycles. The number of aliphatic carboxylic acids is 1. The van der Waals surface area contributed by atoms with Gasteiger partial charge in [-0.2, -0.15) is 0 Å². The molecule has 1 amide bonds.